The second kappa shape index (κ2) is 11.6. The van der Waals surface area contributed by atoms with Crippen molar-refractivity contribution in [2.24, 2.45) is 0 Å². The molecule has 200 valence electrons. The molecule has 2 heterocycles. The van der Waals surface area contributed by atoms with E-state index in [-0.39, 0.29) is 30.4 Å². The Morgan fingerprint density at radius 1 is 0.846 bits per heavy atom. The Kier molecular flexibility index (Phi) is 7.82. The molecule has 1 aliphatic rings. The van der Waals surface area contributed by atoms with Crippen LogP contribution in [0.2, 0.25) is 0 Å². The fraction of sp³-hybridized carbons (Fsp3) is 0.273. The van der Waals surface area contributed by atoms with Gasteiger partial charge in [-0.05, 0) is 43.2 Å². The topological polar surface area (TPSA) is 54.8 Å². The van der Waals surface area contributed by atoms with Crippen LogP contribution in [-0.2, 0) is 16.1 Å². The van der Waals surface area contributed by atoms with Crippen molar-refractivity contribution in [2.75, 3.05) is 20.2 Å². The maximum Gasteiger partial charge on any atom is 0.243 e. The van der Waals surface area contributed by atoms with Gasteiger partial charge in [0.15, 0.2) is 0 Å². The van der Waals surface area contributed by atoms with Gasteiger partial charge in [-0.3, -0.25) is 9.59 Å². The van der Waals surface area contributed by atoms with E-state index in [4.69, 9.17) is 4.74 Å². The second-order valence-electron chi connectivity index (χ2n) is 10.2. The smallest absolute Gasteiger partial charge is 0.243 e. The molecule has 3 aromatic carbocycles. The Morgan fingerprint density at radius 3 is 2.08 bits per heavy atom. The predicted octanol–water partition coefficient (Wildman–Crippen LogP) is 5.50. The van der Waals surface area contributed by atoms with E-state index in [9.17, 15) is 9.59 Å². The molecule has 1 atom stereocenters. The number of aromatic nitrogens is 1. The van der Waals surface area contributed by atoms with E-state index in [0.29, 0.717) is 13.1 Å². The summed E-state index contributed by atoms with van der Waals surface area (Å²) in [5.74, 6) is 0.0800. The first-order chi connectivity index (χ1) is 19.0. The molecule has 1 unspecified atom stereocenters. The van der Waals surface area contributed by atoms with Crippen LogP contribution in [0.15, 0.2) is 103 Å². The SMILES string of the molecule is COc1ccccc1C1c2cccn2CCN1C(=O)CN(C(=O)C(c1ccccc1)c1ccccc1)C(C)C. The van der Waals surface area contributed by atoms with Crippen molar-refractivity contribution in [2.45, 2.75) is 38.4 Å². The minimum Gasteiger partial charge on any atom is -0.496 e. The van der Waals surface area contributed by atoms with Crippen LogP contribution in [0.25, 0.3) is 0 Å². The van der Waals surface area contributed by atoms with Gasteiger partial charge in [-0.15, -0.1) is 0 Å². The van der Waals surface area contributed by atoms with Crippen LogP contribution in [0.5, 0.6) is 5.75 Å². The second-order valence-corrected chi connectivity index (χ2v) is 10.2. The summed E-state index contributed by atoms with van der Waals surface area (Å²) in [5.41, 5.74) is 3.79. The van der Waals surface area contributed by atoms with Gasteiger partial charge in [-0.1, -0.05) is 78.9 Å². The van der Waals surface area contributed by atoms with Crippen molar-refractivity contribution in [1.29, 1.82) is 0 Å². The monoisotopic (exact) mass is 521 g/mol. The van der Waals surface area contributed by atoms with E-state index < -0.39 is 5.92 Å². The Bertz CT molecular complexity index is 1370. The van der Waals surface area contributed by atoms with E-state index >= 15 is 0 Å². The zero-order chi connectivity index (χ0) is 27.4. The fourth-order valence-electron chi connectivity index (χ4n) is 5.56. The normalized spacial score (nSPS) is 14.8. The summed E-state index contributed by atoms with van der Waals surface area (Å²) in [6, 6.07) is 31.1. The molecule has 0 spiro atoms. The molecule has 0 radical (unpaired) electrons. The molecule has 0 aliphatic carbocycles. The zero-order valence-corrected chi connectivity index (χ0v) is 22.7. The highest BCUT2D eigenvalue weighted by molar-refractivity contribution is 5.91. The molecule has 0 bridgehead atoms. The summed E-state index contributed by atoms with van der Waals surface area (Å²) < 4.78 is 7.88. The molecule has 4 aromatic rings. The maximum absolute atomic E-state index is 14.2. The van der Waals surface area contributed by atoms with Crippen LogP contribution >= 0.6 is 0 Å². The lowest BCUT2D eigenvalue weighted by Crippen LogP contribution is -2.50. The molecule has 1 aliphatic heterocycles. The molecular weight excluding hydrogens is 486 g/mol. The number of carbonyl (C=O) groups is 2. The van der Waals surface area contributed by atoms with Gasteiger partial charge in [0.05, 0.1) is 13.0 Å². The van der Waals surface area contributed by atoms with Crippen LogP contribution in [0.1, 0.15) is 48.2 Å². The van der Waals surface area contributed by atoms with E-state index in [1.807, 2.05) is 116 Å². The van der Waals surface area contributed by atoms with Gasteiger partial charge in [-0.25, -0.2) is 0 Å². The van der Waals surface area contributed by atoms with Crippen molar-refractivity contribution in [1.82, 2.24) is 14.4 Å². The van der Waals surface area contributed by atoms with E-state index in [1.165, 1.54) is 0 Å². The summed E-state index contributed by atoms with van der Waals surface area (Å²) in [5, 5.41) is 0. The number of rotatable bonds is 8. The van der Waals surface area contributed by atoms with Crippen molar-refractivity contribution in [3.05, 3.63) is 126 Å². The average Bonchev–Trinajstić information content (AvgIpc) is 3.45. The first-order valence-electron chi connectivity index (χ1n) is 13.5. The van der Waals surface area contributed by atoms with Crippen LogP contribution in [0.4, 0.5) is 0 Å². The summed E-state index contributed by atoms with van der Waals surface area (Å²) in [6.45, 7) is 5.18. The third-order valence-electron chi connectivity index (χ3n) is 7.52. The molecule has 6 heteroatoms. The quantitative estimate of drug-likeness (QED) is 0.308. The van der Waals surface area contributed by atoms with E-state index in [0.717, 1.165) is 28.1 Å². The van der Waals surface area contributed by atoms with E-state index in [1.54, 1.807) is 12.0 Å². The van der Waals surface area contributed by atoms with E-state index in [2.05, 4.69) is 10.6 Å². The minimum atomic E-state index is -0.494. The molecular formula is C33H35N3O3. The first-order valence-corrected chi connectivity index (χ1v) is 13.5. The van der Waals surface area contributed by atoms with Gasteiger partial charge in [0, 0.05) is 36.6 Å². The lowest BCUT2D eigenvalue weighted by Gasteiger charge is -2.39. The number of hydrogen-bond acceptors (Lipinski definition) is 3. The number of hydrogen-bond donors (Lipinski definition) is 0. The standard InChI is InChI=1S/C33H35N3O3/c1-24(2)36(33(38)31(25-13-6-4-7-14-25)26-15-8-5-9-16-26)23-30(37)35-22-21-34-20-12-18-28(34)32(35)27-17-10-11-19-29(27)39-3/h4-20,24,31-32H,21-23H2,1-3H3. The molecule has 1 aromatic heterocycles. The van der Waals surface area contributed by atoms with Crippen molar-refractivity contribution >= 4 is 11.8 Å². The Morgan fingerprint density at radius 2 is 1.46 bits per heavy atom. The lowest BCUT2D eigenvalue weighted by molar-refractivity contribution is -0.144. The van der Waals surface area contributed by atoms with Gasteiger partial charge >= 0.3 is 0 Å². The average molecular weight is 522 g/mol. The molecule has 0 saturated carbocycles. The maximum atomic E-state index is 14.2. The predicted molar refractivity (Wildman–Crippen MR) is 153 cm³/mol. The highest BCUT2D eigenvalue weighted by Gasteiger charge is 2.37. The third kappa shape index (κ3) is 5.32. The van der Waals surface area contributed by atoms with Gasteiger partial charge in [-0.2, -0.15) is 0 Å². The minimum absolute atomic E-state index is 0.000967. The van der Waals surface area contributed by atoms with Crippen molar-refractivity contribution < 1.29 is 14.3 Å². The lowest BCUT2D eigenvalue weighted by atomic mass is 9.89. The summed E-state index contributed by atoms with van der Waals surface area (Å²) >= 11 is 0. The highest BCUT2D eigenvalue weighted by atomic mass is 16.5. The summed E-state index contributed by atoms with van der Waals surface area (Å²) in [7, 11) is 1.65. The Labute approximate surface area is 230 Å². The van der Waals surface area contributed by atoms with Crippen LogP contribution in [0.3, 0.4) is 0 Å². The number of para-hydroxylation sites is 1. The highest BCUT2D eigenvalue weighted by Crippen LogP contribution is 2.37. The number of carbonyl (C=O) groups excluding carboxylic acids is 2. The van der Waals surface area contributed by atoms with Crippen molar-refractivity contribution in [3.8, 4) is 5.75 Å². The molecule has 0 N–H and O–H groups in total. The zero-order valence-electron chi connectivity index (χ0n) is 22.7. The van der Waals surface area contributed by atoms with Crippen LogP contribution < -0.4 is 4.74 Å². The first kappa shape index (κ1) is 26.3. The molecule has 0 saturated heterocycles. The van der Waals surface area contributed by atoms with Gasteiger partial charge in [0.2, 0.25) is 11.8 Å². The molecule has 5 rings (SSSR count). The van der Waals surface area contributed by atoms with Gasteiger partial charge in [0.1, 0.15) is 18.3 Å². The number of benzene rings is 3. The summed E-state index contributed by atoms with van der Waals surface area (Å²) in [4.78, 5) is 32.0. The number of amides is 2. The fourth-order valence-corrected chi connectivity index (χ4v) is 5.56. The number of fused-ring (bicyclic) bond motifs is 1. The molecule has 2 amide bonds. The number of ether oxygens (including phenoxy) is 1. The Hall–Kier alpha value is -4.32. The largest absolute Gasteiger partial charge is 0.496 e. The van der Waals surface area contributed by atoms with Gasteiger partial charge in [0.25, 0.3) is 0 Å². The Balaban J connectivity index is 1.48. The van der Waals surface area contributed by atoms with Crippen molar-refractivity contribution in [3.63, 3.8) is 0 Å². The summed E-state index contributed by atoms with van der Waals surface area (Å²) in [6.07, 6.45) is 2.05. The molecule has 39 heavy (non-hydrogen) atoms. The van der Waals surface area contributed by atoms with Crippen LogP contribution in [0, 0.1) is 0 Å². The third-order valence-corrected chi connectivity index (χ3v) is 7.52. The molecule has 0 fully saturated rings. The number of methoxy groups -OCH3 is 1. The van der Waals surface area contributed by atoms with Crippen LogP contribution in [-0.4, -0.2) is 52.4 Å². The molecule has 6 nitrogen and oxygen atoms in total. The van der Waals surface area contributed by atoms with Gasteiger partial charge < -0.3 is 19.1 Å². The number of nitrogens with zero attached hydrogens (tertiary/aromatic N) is 3.